The number of anilines is 1. The van der Waals surface area contributed by atoms with Crippen molar-refractivity contribution in [2.45, 2.75) is 18.9 Å². The van der Waals surface area contributed by atoms with Crippen molar-refractivity contribution in [3.63, 3.8) is 0 Å². The van der Waals surface area contributed by atoms with Crippen molar-refractivity contribution in [1.82, 2.24) is 14.5 Å². The van der Waals surface area contributed by atoms with Gasteiger partial charge >= 0.3 is 5.92 Å². The maximum Gasteiger partial charge on any atom is 0.357 e. The van der Waals surface area contributed by atoms with Gasteiger partial charge in [0.2, 0.25) is 0 Å². The molecule has 1 atom stereocenters. The van der Waals surface area contributed by atoms with E-state index in [-0.39, 0.29) is 17.2 Å². The summed E-state index contributed by atoms with van der Waals surface area (Å²) < 4.78 is 29.1. The Kier molecular flexibility index (Phi) is 4.93. The van der Waals surface area contributed by atoms with Gasteiger partial charge < -0.3 is 5.32 Å². The molecule has 0 radical (unpaired) electrons. The number of fused-ring (bicyclic) bond motifs is 1. The van der Waals surface area contributed by atoms with Crippen LogP contribution in [-0.4, -0.2) is 14.5 Å². The average molecular weight is 434 g/mol. The molecule has 1 aromatic carbocycles. The summed E-state index contributed by atoms with van der Waals surface area (Å²) in [7, 11) is 1.60. The lowest BCUT2D eigenvalue weighted by molar-refractivity contribution is 0.0612. The smallest absolute Gasteiger partial charge is 0.357 e. The fourth-order valence-corrected chi connectivity index (χ4v) is 3.20. The van der Waals surface area contributed by atoms with Gasteiger partial charge in [-0.25, -0.2) is 9.97 Å². The Morgan fingerprint density at radius 2 is 2.07 bits per heavy atom. The minimum absolute atomic E-state index is 0.230. The molecule has 0 aliphatic carbocycles. The van der Waals surface area contributed by atoms with Crippen molar-refractivity contribution in [3.8, 4) is 6.07 Å². The molecule has 1 N–H and O–H groups in total. The summed E-state index contributed by atoms with van der Waals surface area (Å²) in [5.41, 5.74) is 0.413. The fraction of sp³-hybridized carbons (Fsp3) is 0.222. The molecular formula is C18H14BrF2N5O. The molecule has 2 aromatic heterocycles. The number of nitrogens with one attached hydrogen (secondary N) is 1. The van der Waals surface area contributed by atoms with Gasteiger partial charge in [0.15, 0.2) is 0 Å². The molecule has 0 aliphatic heterocycles. The molecule has 6 nitrogen and oxygen atoms in total. The molecule has 0 saturated heterocycles. The van der Waals surface area contributed by atoms with E-state index >= 15 is 0 Å². The lowest BCUT2D eigenvalue weighted by Gasteiger charge is -2.18. The second-order valence-corrected chi connectivity index (χ2v) is 6.85. The molecule has 0 unspecified atom stereocenters. The highest BCUT2D eigenvalue weighted by molar-refractivity contribution is 9.10. The number of benzene rings is 1. The standard InChI is InChI=1S/C18H14BrF2N5O/c1-10(11-4-3-5-12(6-11)18(20,21)8-22)25-15-13-7-14(19)17(27)26(2)16(13)24-9-23-15/h3-7,9-10H,1-2H3,(H,23,24,25)/t10-/m1/s1. The van der Waals surface area contributed by atoms with Crippen LogP contribution in [0, 0.1) is 11.3 Å². The molecule has 138 valence electrons. The molecule has 2 heterocycles. The number of nitriles is 1. The van der Waals surface area contributed by atoms with Crippen molar-refractivity contribution in [3.05, 3.63) is 62.6 Å². The van der Waals surface area contributed by atoms with Crippen LogP contribution in [0.5, 0.6) is 0 Å². The number of nitrogens with zero attached hydrogens (tertiary/aromatic N) is 4. The van der Waals surface area contributed by atoms with E-state index in [4.69, 9.17) is 5.26 Å². The first kappa shape index (κ1) is 18.9. The molecule has 0 amide bonds. The van der Waals surface area contributed by atoms with Gasteiger partial charge in [0.05, 0.1) is 9.86 Å². The maximum atomic E-state index is 13.7. The molecule has 27 heavy (non-hydrogen) atoms. The molecule has 0 fully saturated rings. The Labute approximate surface area is 161 Å². The number of halogens is 3. The topological polar surface area (TPSA) is 83.6 Å². The third kappa shape index (κ3) is 3.53. The maximum absolute atomic E-state index is 13.7. The van der Waals surface area contributed by atoms with Crippen LogP contribution in [0.2, 0.25) is 0 Å². The molecular weight excluding hydrogens is 420 g/mol. The highest BCUT2D eigenvalue weighted by Gasteiger charge is 2.31. The molecule has 0 bridgehead atoms. The van der Waals surface area contributed by atoms with Crippen molar-refractivity contribution in [2.75, 3.05) is 5.32 Å². The van der Waals surface area contributed by atoms with Gasteiger partial charge in [-0.3, -0.25) is 9.36 Å². The third-order valence-electron chi connectivity index (χ3n) is 4.20. The van der Waals surface area contributed by atoms with Crippen molar-refractivity contribution < 1.29 is 8.78 Å². The van der Waals surface area contributed by atoms with Gasteiger partial charge in [-0.05, 0) is 40.5 Å². The van der Waals surface area contributed by atoms with Crippen molar-refractivity contribution in [1.29, 1.82) is 5.26 Å². The predicted molar refractivity (Wildman–Crippen MR) is 100 cm³/mol. The molecule has 0 saturated carbocycles. The number of rotatable bonds is 4. The van der Waals surface area contributed by atoms with Gasteiger partial charge in [0.1, 0.15) is 23.9 Å². The normalized spacial score (nSPS) is 12.6. The molecule has 0 spiro atoms. The predicted octanol–water partition coefficient (Wildman–Crippen LogP) is 3.88. The first-order valence-electron chi connectivity index (χ1n) is 7.91. The van der Waals surface area contributed by atoms with Crippen LogP contribution in [0.15, 0.2) is 45.9 Å². The number of hydrogen-bond acceptors (Lipinski definition) is 5. The number of aryl methyl sites for hydroxylation is 1. The van der Waals surface area contributed by atoms with Gasteiger partial charge in [0, 0.05) is 18.7 Å². The van der Waals surface area contributed by atoms with Crippen molar-refractivity contribution >= 4 is 32.8 Å². The Hall–Kier alpha value is -2.86. The monoisotopic (exact) mass is 433 g/mol. The third-order valence-corrected chi connectivity index (χ3v) is 4.77. The van der Waals surface area contributed by atoms with Crippen LogP contribution >= 0.6 is 15.9 Å². The van der Waals surface area contributed by atoms with Gasteiger partial charge in [-0.2, -0.15) is 14.0 Å². The second-order valence-electron chi connectivity index (χ2n) is 5.99. The Balaban J connectivity index is 2.00. The largest absolute Gasteiger partial charge is 0.363 e. The van der Waals surface area contributed by atoms with E-state index in [9.17, 15) is 13.6 Å². The lowest BCUT2D eigenvalue weighted by atomic mass is 10.0. The number of aromatic nitrogens is 3. The van der Waals surface area contributed by atoms with Crippen LogP contribution in [-0.2, 0) is 13.0 Å². The fourth-order valence-electron chi connectivity index (χ4n) is 2.70. The highest BCUT2D eigenvalue weighted by atomic mass is 79.9. The van der Waals surface area contributed by atoms with Crippen LogP contribution in [0.25, 0.3) is 11.0 Å². The summed E-state index contributed by atoms with van der Waals surface area (Å²) in [6, 6.07) is 7.91. The quantitative estimate of drug-likeness (QED) is 0.674. The summed E-state index contributed by atoms with van der Waals surface area (Å²) >= 11 is 3.22. The molecule has 3 aromatic rings. The van der Waals surface area contributed by atoms with Crippen LogP contribution in [0.1, 0.15) is 24.1 Å². The van der Waals surface area contributed by atoms with Crippen molar-refractivity contribution in [2.24, 2.45) is 7.05 Å². The second kappa shape index (κ2) is 7.04. The molecule has 9 heteroatoms. The Bertz CT molecular complexity index is 1120. The highest BCUT2D eigenvalue weighted by Crippen LogP contribution is 2.30. The first-order chi connectivity index (χ1) is 12.7. The average Bonchev–Trinajstić information content (AvgIpc) is 2.67. The van der Waals surface area contributed by atoms with Gasteiger partial charge in [-0.1, -0.05) is 18.2 Å². The SMILES string of the molecule is C[C@@H](Nc1ncnc2c1cc(Br)c(=O)n2C)c1cccc(C(F)(F)C#N)c1. The summed E-state index contributed by atoms with van der Waals surface area (Å²) in [6.45, 7) is 1.79. The molecule has 0 aliphatic rings. The summed E-state index contributed by atoms with van der Waals surface area (Å²) in [5.74, 6) is -3.10. The van der Waals surface area contributed by atoms with Gasteiger partial charge in [0.25, 0.3) is 5.56 Å². The van der Waals surface area contributed by atoms with Crippen LogP contribution in [0.3, 0.4) is 0 Å². The zero-order chi connectivity index (χ0) is 19.8. The zero-order valence-corrected chi connectivity index (χ0v) is 16.0. The number of hydrogen-bond donors (Lipinski definition) is 1. The van der Waals surface area contributed by atoms with Gasteiger partial charge in [-0.15, -0.1) is 0 Å². The number of pyridine rings is 1. The lowest BCUT2D eigenvalue weighted by Crippen LogP contribution is -2.19. The van der Waals surface area contributed by atoms with E-state index in [1.807, 2.05) is 0 Å². The van der Waals surface area contributed by atoms with Crippen LogP contribution in [0.4, 0.5) is 14.6 Å². The Morgan fingerprint density at radius 1 is 1.33 bits per heavy atom. The van der Waals surface area contributed by atoms with E-state index in [0.717, 1.165) is 6.07 Å². The van der Waals surface area contributed by atoms with E-state index in [1.54, 1.807) is 26.1 Å². The molecule has 3 rings (SSSR count). The van der Waals surface area contributed by atoms with E-state index < -0.39 is 5.92 Å². The minimum atomic E-state index is -3.56. The Morgan fingerprint density at radius 3 is 2.78 bits per heavy atom. The first-order valence-corrected chi connectivity index (χ1v) is 8.70. The van der Waals surface area contributed by atoms with E-state index in [0.29, 0.717) is 26.9 Å². The summed E-state index contributed by atoms with van der Waals surface area (Å²) in [4.78, 5) is 20.4. The zero-order valence-electron chi connectivity index (χ0n) is 14.4. The number of alkyl halides is 2. The summed E-state index contributed by atoms with van der Waals surface area (Å²) in [5, 5.41) is 12.4. The van der Waals surface area contributed by atoms with E-state index in [2.05, 4.69) is 31.2 Å². The van der Waals surface area contributed by atoms with Crippen LogP contribution < -0.4 is 10.9 Å². The minimum Gasteiger partial charge on any atom is -0.363 e. The summed E-state index contributed by atoms with van der Waals surface area (Å²) in [6.07, 6.45) is 1.32. The van der Waals surface area contributed by atoms with E-state index in [1.165, 1.54) is 29.1 Å².